The third-order valence-electron chi connectivity index (χ3n) is 4.06. The van der Waals surface area contributed by atoms with Crippen molar-refractivity contribution in [3.05, 3.63) is 23.8 Å². The third kappa shape index (κ3) is 9.09. The molecule has 0 bridgehead atoms. The van der Waals surface area contributed by atoms with Gasteiger partial charge in [0.25, 0.3) is 5.91 Å². The van der Waals surface area contributed by atoms with E-state index in [0.29, 0.717) is 31.1 Å². The van der Waals surface area contributed by atoms with Crippen LogP contribution in [0.15, 0.2) is 18.2 Å². The molecule has 0 atom stereocenters. The summed E-state index contributed by atoms with van der Waals surface area (Å²) in [6.07, 6.45) is 6.63. The minimum absolute atomic E-state index is 0.0807. The molecular formula is C21H36N2O3. The zero-order chi connectivity index (χ0) is 19.2. The number of nitrogens with one attached hydrogen (secondary N) is 1. The molecule has 0 saturated carbocycles. The van der Waals surface area contributed by atoms with Gasteiger partial charge in [0, 0.05) is 18.7 Å². The molecule has 0 heterocycles. The molecule has 0 spiro atoms. The number of amides is 1. The van der Waals surface area contributed by atoms with Gasteiger partial charge >= 0.3 is 0 Å². The Morgan fingerprint density at radius 1 is 0.962 bits per heavy atom. The molecular weight excluding hydrogens is 328 g/mol. The summed E-state index contributed by atoms with van der Waals surface area (Å²) in [6.45, 7) is 7.09. The van der Waals surface area contributed by atoms with E-state index in [1.54, 1.807) is 12.1 Å². The molecule has 26 heavy (non-hydrogen) atoms. The average molecular weight is 365 g/mol. The summed E-state index contributed by atoms with van der Waals surface area (Å²) in [5, 5.41) is 2.94. The van der Waals surface area contributed by atoms with E-state index in [1.165, 1.54) is 0 Å². The number of hydrogen-bond acceptors (Lipinski definition) is 4. The SMILES string of the molecule is CCCCCOc1ccc(C(=O)NCCN(C)C)cc1OCCCCC. The Hall–Kier alpha value is -1.75. The van der Waals surface area contributed by atoms with Crippen LogP contribution in [0.5, 0.6) is 11.5 Å². The van der Waals surface area contributed by atoms with Crippen LogP contribution >= 0.6 is 0 Å². The summed E-state index contributed by atoms with van der Waals surface area (Å²) < 4.78 is 11.8. The van der Waals surface area contributed by atoms with Crippen LogP contribution in [0.3, 0.4) is 0 Å². The van der Waals surface area contributed by atoms with Gasteiger partial charge in [-0.05, 0) is 45.1 Å². The molecule has 0 aliphatic heterocycles. The summed E-state index contributed by atoms with van der Waals surface area (Å²) in [5.41, 5.74) is 0.607. The summed E-state index contributed by atoms with van der Waals surface area (Å²) in [5.74, 6) is 1.31. The molecule has 1 amide bonds. The number of benzene rings is 1. The number of carbonyl (C=O) groups is 1. The fourth-order valence-corrected chi connectivity index (χ4v) is 2.44. The van der Waals surface area contributed by atoms with E-state index in [9.17, 15) is 4.79 Å². The van der Waals surface area contributed by atoms with Crippen LogP contribution in [-0.2, 0) is 0 Å². The Kier molecular flexibility index (Phi) is 11.5. The van der Waals surface area contributed by atoms with E-state index >= 15 is 0 Å². The van der Waals surface area contributed by atoms with Gasteiger partial charge in [0.15, 0.2) is 11.5 Å². The molecule has 1 aromatic carbocycles. The lowest BCUT2D eigenvalue weighted by Gasteiger charge is -2.15. The van der Waals surface area contributed by atoms with Gasteiger partial charge in [-0.25, -0.2) is 0 Å². The van der Waals surface area contributed by atoms with Crippen LogP contribution < -0.4 is 14.8 Å². The Labute approximate surface area is 159 Å². The maximum atomic E-state index is 12.3. The Morgan fingerprint density at radius 3 is 2.15 bits per heavy atom. The molecule has 1 aromatic rings. The van der Waals surface area contributed by atoms with Crippen molar-refractivity contribution in [2.45, 2.75) is 52.4 Å². The molecule has 0 aromatic heterocycles. The number of likely N-dealkylation sites (N-methyl/N-ethyl adjacent to an activating group) is 1. The second-order valence-corrected chi connectivity index (χ2v) is 6.83. The minimum Gasteiger partial charge on any atom is -0.490 e. The van der Waals surface area contributed by atoms with E-state index in [-0.39, 0.29) is 5.91 Å². The highest BCUT2D eigenvalue weighted by atomic mass is 16.5. The number of hydrogen-bond donors (Lipinski definition) is 1. The van der Waals surface area contributed by atoms with Crippen LogP contribution in [-0.4, -0.2) is 51.2 Å². The second-order valence-electron chi connectivity index (χ2n) is 6.83. The monoisotopic (exact) mass is 364 g/mol. The normalized spacial score (nSPS) is 10.8. The van der Waals surface area contributed by atoms with Gasteiger partial charge in [0.05, 0.1) is 13.2 Å². The van der Waals surface area contributed by atoms with E-state index in [0.717, 1.165) is 50.8 Å². The number of rotatable bonds is 14. The van der Waals surface area contributed by atoms with Crippen LogP contribution in [0, 0.1) is 0 Å². The molecule has 0 aliphatic carbocycles. The van der Waals surface area contributed by atoms with Crippen molar-refractivity contribution in [3.63, 3.8) is 0 Å². The number of nitrogens with zero attached hydrogens (tertiary/aromatic N) is 1. The highest BCUT2D eigenvalue weighted by Gasteiger charge is 2.12. The van der Waals surface area contributed by atoms with Crippen LogP contribution in [0.25, 0.3) is 0 Å². The first kappa shape index (κ1) is 22.3. The van der Waals surface area contributed by atoms with E-state index < -0.39 is 0 Å². The standard InChI is InChI=1S/C21H36N2O3/c1-5-7-9-15-25-19-12-11-18(21(24)22-13-14-23(3)4)17-20(19)26-16-10-8-6-2/h11-12,17H,5-10,13-16H2,1-4H3,(H,22,24). The van der Waals surface area contributed by atoms with Crippen molar-refractivity contribution in [2.24, 2.45) is 0 Å². The Balaban J connectivity index is 2.71. The first-order valence-electron chi connectivity index (χ1n) is 9.91. The second kappa shape index (κ2) is 13.5. The van der Waals surface area contributed by atoms with Gasteiger partial charge in [-0.2, -0.15) is 0 Å². The number of unbranched alkanes of at least 4 members (excludes halogenated alkanes) is 4. The van der Waals surface area contributed by atoms with Crippen molar-refractivity contribution in [2.75, 3.05) is 40.4 Å². The van der Waals surface area contributed by atoms with Crippen molar-refractivity contribution in [1.82, 2.24) is 10.2 Å². The molecule has 1 N–H and O–H groups in total. The van der Waals surface area contributed by atoms with Gasteiger partial charge < -0.3 is 19.7 Å². The Morgan fingerprint density at radius 2 is 1.58 bits per heavy atom. The van der Waals surface area contributed by atoms with E-state index in [2.05, 4.69) is 19.2 Å². The fraction of sp³-hybridized carbons (Fsp3) is 0.667. The lowest BCUT2D eigenvalue weighted by atomic mass is 10.2. The van der Waals surface area contributed by atoms with E-state index in [4.69, 9.17) is 9.47 Å². The molecule has 0 radical (unpaired) electrons. The summed E-state index contributed by atoms with van der Waals surface area (Å²) in [7, 11) is 3.97. The van der Waals surface area contributed by atoms with Gasteiger partial charge in [-0.1, -0.05) is 39.5 Å². The molecule has 0 saturated heterocycles. The molecule has 5 nitrogen and oxygen atoms in total. The fourth-order valence-electron chi connectivity index (χ4n) is 2.44. The van der Waals surface area contributed by atoms with Crippen LogP contribution in [0.2, 0.25) is 0 Å². The van der Waals surface area contributed by atoms with Gasteiger partial charge in [0.2, 0.25) is 0 Å². The summed E-state index contributed by atoms with van der Waals surface area (Å²) >= 11 is 0. The number of ether oxygens (including phenoxy) is 2. The highest BCUT2D eigenvalue weighted by molar-refractivity contribution is 5.94. The van der Waals surface area contributed by atoms with Crippen molar-refractivity contribution in [3.8, 4) is 11.5 Å². The predicted octanol–water partition coefficient (Wildman–Crippen LogP) is 4.12. The molecule has 148 valence electrons. The minimum atomic E-state index is -0.0807. The lowest BCUT2D eigenvalue weighted by Crippen LogP contribution is -2.31. The zero-order valence-electron chi connectivity index (χ0n) is 17.0. The molecule has 5 heteroatoms. The van der Waals surface area contributed by atoms with Gasteiger partial charge in [-0.3, -0.25) is 4.79 Å². The van der Waals surface area contributed by atoms with Crippen LogP contribution in [0.1, 0.15) is 62.7 Å². The number of carbonyl (C=O) groups excluding carboxylic acids is 1. The lowest BCUT2D eigenvalue weighted by molar-refractivity contribution is 0.0950. The maximum absolute atomic E-state index is 12.3. The first-order chi connectivity index (χ1) is 12.6. The average Bonchev–Trinajstić information content (AvgIpc) is 2.62. The van der Waals surface area contributed by atoms with Crippen LogP contribution in [0.4, 0.5) is 0 Å². The smallest absolute Gasteiger partial charge is 0.251 e. The zero-order valence-corrected chi connectivity index (χ0v) is 17.0. The van der Waals surface area contributed by atoms with Crippen molar-refractivity contribution >= 4 is 5.91 Å². The maximum Gasteiger partial charge on any atom is 0.251 e. The molecule has 0 aliphatic rings. The van der Waals surface area contributed by atoms with Crippen molar-refractivity contribution in [1.29, 1.82) is 0 Å². The summed E-state index contributed by atoms with van der Waals surface area (Å²) in [6, 6.07) is 5.45. The van der Waals surface area contributed by atoms with Gasteiger partial charge in [-0.15, -0.1) is 0 Å². The molecule has 1 rings (SSSR count). The molecule has 0 unspecified atom stereocenters. The quantitative estimate of drug-likeness (QED) is 0.505. The highest BCUT2D eigenvalue weighted by Crippen LogP contribution is 2.29. The third-order valence-corrected chi connectivity index (χ3v) is 4.06. The largest absolute Gasteiger partial charge is 0.490 e. The predicted molar refractivity (Wildman–Crippen MR) is 107 cm³/mol. The van der Waals surface area contributed by atoms with E-state index in [1.807, 2.05) is 25.1 Å². The topological polar surface area (TPSA) is 50.8 Å². The first-order valence-corrected chi connectivity index (χ1v) is 9.91. The Bertz CT molecular complexity index is 518. The molecule has 0 fully saturated rings. The van der Waals surface area contributed by atoms with Crippen molar-refractivity contribution < 1.29 is 14.3 Å². The van der Waals surface area contributed by atoms with Gasteiger partial charge in [0.1, 0.15) is 0 Å². The summed E-state index contributed by atoms with van der Waals surface area (Å²) in [4.78, 5) is 14.4.